The first-order valence-corrected chi connectivity index (χ1v) is 11.2. The number of hydrazine groups is 1. The number of alkyl halides is 3. The van der Waals surface area contributed by atoms with Crippen LogP contribution in [0.4, 0.5) is 23.7 Å². The highest BCUT2D eigenvalue weighted by atomic mass is 35.5. The van der Waals surface area contributed by atoms with Crippen LogP contribution in [-0.2, 0) is 11.0 Å². The maximum Gasteiger partial charge on any atom is 0.416 e. The van der Waals surface area contributed by atoms with Crippen LogP contribution in [0.25, 0.3) is 0 Å². The number of anilines is 1. The molecule has 2 aromatic carbocycles. The van der Waals surface area contributed by atoms with Gasteiger partial charge in [0.2, 0.25) is 0 Å². The third kappa shape index (κ3) is 5.42. The number of amides is 3. The summed E-state index contributed by atoms with van der Waals surface area (Å²) >= 11 is 5.97. The number of benzene rings is 2. The fourth-order valence-corrected chi connectivity index (χ4v) is 4.37. The molecule has 2 saturated heterocycles. The van der Waals surface area contributed by atoms with E-state index < -0.39 is 23.8 Å². The molecular weight excluding hydrogens is 457 g/mol. The van der Waals surface area contributed by atoms with E-state index in [-0.39, 0.29) is 19.0 Å². The van der Waals surface area contributed by atoms with Gasteiger partial charge in [-0.05, 0) is 54.8 Å². The van der Waals surface area contributed by atoms with E-state index in [9.17, 15) is 22.8 Å². The number of piperidine rings is 1. The molecule has 0 aromatic heterocycles. The van der Waals surface area contributed by atoms with Crippen LogP contribution in [0.1, 0.15) is 36.4 Å². The van der Waals surface area contributed by atoms with Crippen LogP contribution in [-0.4, -0.2) is 48.0 Å². The predicted octanol–water partition coefficient (Wildman–Crippen LogP) is 4.86. The highest BCUT2D eigenvalue weighted by molar-refractivity contribution is 6.30. The van der Waals surface area contributed by atoms with Crippen LogP contribution in [0.3, 0.4) is 0 Å². The van der Waals surface area contributed by atoms with Gasteiger partial charge in [-0.3, -0.25) is 15.1 Å². The number of hydrogen-bond donors (Lipinski definition) is 1. The lowest BCUT2D eigenvalue weighted by Crippen LogP contribution is -2.49. The molecule has 1 atom stereocenters. The van der Waals surface area contributed by atoms with Crippen molar-refractivity contribution < 1.29 is 22.8 Å². The molecule has 176 valence electrons. The van der Waals surface area contributed by atoms with E-state index in [4.69, 9.17) is 11.6 Å². The van der Waals surface area contributed by atoms with Crippen LogP contribution in [0.15, 0.2) is 48.5 Å². The summed E-state index contributed by atoms with van der Waals surface area (Å²) in [6.45, 7) is 1.40. The van der Waals surface area contributed by atoms with Crippen molar-refractivity contribution in [3.63, 3.8) is 0 Å². The van der Waals surface area contributed by atoms with Gasteiger partial charge in [0.25, 0.3) is 5.91 Å². The monoisotopic (exact) mass is 480 g/mol. The molecule has 2 fully saturated rings. The smallest absolute Gasteiger partial charge is 0.313 e. The van der Waals surface area contributed by atoms with Crippen LogP contribution in [0.2, 0.25) is 5.02 Å². The summed E-state index contributed by atoms with van der Waals surface area (Å²) in [5, 5.41) is 2.31. The predicted molar refractivity (Wildman–Crippen MR) is 119 cm³/mol. The maximum absolute atomic E-state index is 13.3. The fourth-order valence-electron chi connectivity index (χ4n) is 4.25. The Morgan fingerprint density at radius 1 is 1.06 bits per heavy atom. The topological polar surface area (TPSA) is 55.9 Å². The van der Waals surface area contributed by atoms with Gasteiger partial charge in [-0.1, -0.05) is 30.2 Å². The summed E-state index contributed by atoms with van der Waals surface area (Å²) < 4.78 is 39.9. The molecule has 3 amide bonds. The average Bonchev–Trinajstić information content (AvgIpc) is 3.10. The molecule has 2 aromatic rings. The zero-order valence-electron chi connectivity index (χ0n) is 17.8. The number of nitrogens with one attached hydrogen (secondary N) is 1. The summed E-state index contributed by atoms with van der Waals surface area (Å²) in [5.41, 5.74) is 2.87. The number of hydrogen-bond acceptors (Lipinski definition) is 3. The molecule has 0 spiro atoms. The second-order valence-electron chi connectivity index (χ2n) is 8.23. The van der Waals surface area contributed by atoms with Crippen molar-refractivity contribution in [2.45, 2.75) is 31.5 Å². The number of rotatable bonds is 5. The number of halogens is 4. The van der Waals surface area contributed by atoms with Crippen molar-refractivity contribution in [1.29, 1.82) is 0 Å². The second-order valence-corrected chi connectivity index (χ2v) is 8.67. The van der Waals surface area contributed by atoms with Crippen molar-refractivity contribution in [3.8, 4) is 0 Å². The number of nitrogens with zero attached hydrogens (tertiary/aromatic N) is 3. The van der Waals surface area contributed by atoms with Gasteiger partial charge in [0, 0.05) is 30.3 Å². The molecule has 10 heteroatoms. The van der Waals surface area contributed by atoms with Crippen LogP contribution in [0, 0.1) is 0 Å². The van der Waals surface area contributed by atoms with Gasteiger partial charge in [0.1, 0.15) is 6.54 Å². The number of carbonyl (C=O) groups excluding carboxylic acids is 2. The van der Waals surface area contributed by atoms with Crippen LogP contribution < -0.4 is 10.3 Å². The first-order chi connectivity index (χ1) is 15.7. The number of carbonyl (C=O) groups is 2. The Morgan fingerprint density at radius 3 is 2.42 bits per heavy atom. The quantitative estimate of drug-likeness (QED) is 0.665. The summed E-state index contributed by atoms with van der Waals surface area (Å²) in [6, 6.07) is 10.3. The minimum absolute atomic E-state index is 0.0796. The van der Waals surface area contributed by atoms with Gasteiger partial charge in [-0.25, -0.2) is 9.80 Å². The first-order valence-electron chi connectivity index (χ1n) is 10.8. The Hall–Kier alpha value is -2.78. The molecule has 0 saturated carbocycles. The number of urea groups is 1. The molecule has 2 heterocycles. The molecule has 6 nitrogen and oxygen atoms in total. The fraction of sp³-hybridized carbons (Fsp3) is 0.391. The molecular formula is C23H24ClF3N4O2. The van der Waals surface area contributed by atoms with Gasteiger partial charge < -0.3 is 4.90 Å². The Kier molecular flexibility index (Phi) is 6.81. The summed E-state index contributed by atoms with van der Waals surface area (Å²) in [6.07, 6.45) is -1.40. The second kappa shape index (κ2) is 9.61. The van der Waals surface area contributed by atoms with Crippen molar-refractivity contribution in [1.82, 2.24) is 15.3 Å². The summed E-state index contributed by atoms with van der Waals surface area (Å²) in [7, 11) is 0. The van der Waals surface area contributed by atoms with Crippen LogP contribution >= 0.6 is 11.6 Å². The minimum atomic E-state index is -4.50. The third-order valence-electron chi connectivity index (χ3n) is 5.86. The Labute approximate surface area is 194 Å². The Morgan fingerprint density at radius 2 is 1.76 bits per heavy atom. The average molecular weight is 481 g/mol. The van der Waals surface area contributed by atoms with E-state index in [1.165, 1.54) is 15.9 Å². The molecule has 2 aliphatic heterocycles. The molecule has 4 rings (SSSR count). The summed E-state index contributed by atoms with van der Waals surface area (Å²) in [5.74, 6) is -0.328. The van der Waals surface area contributed by atoms with E-state index in [2.05, 4.69) is 5.43 Å². The molecule has 1 N–H and O–H groups in total. The van der Waals surface area contributed by atoms with E-state index in [1.807, 2.05) is 5.01 Å². The largest absolute Gasteiger partial charge is 0.416 e. The van der Waals surface area contributed by atoms with Gasteiger partial charge in [0.15, 0.2) is 0 Å². The highest BCUT2D eigenvalue weighted by Gasteiger charge is 2.41. The first kappa shape index (κ1) is 23.4. The third-order valence-corrected chi connectivity index (χ3v) is 6.11. The van der Waals surface area contributed by atoms with Crippen molar-refractivity contribution in [2.24, 2.45) is 0 Å². The molecule has 2 aliphatic rings. The van der Waals surface area contributed by atoms with E-state index >= 15 is 0 Å². The normalized spacial score (nSPS) is 19.8. The molecule has 0 unspecified atom stereocenters. The zero-order valence-corrected chi connectivity index (χ0v) is 18.6. The highest BCUT2D eigenvalue weighted by Crippen LogP contribution is 2.37. The van der Waals surface area contributed by atoms with Crippen molar-refractivity contribution >= 4 is 29.2 Å². The van der Waals surface area contributed by atoms with E-state index in [0.29, 0.717) is 16.3 Å². The standard InChI is InChI=1S/C23H24ClF3N4O2/c24-18-7-9-19(10-8-18)31-20(16-5-4-6-17(13-16)23(25,26)27)14-29(22(31)33)15-21(32)28-30-11-2-1-3-12-30/h4-10,13,20H,1-3,11-12,14-15H2,(H,28,32)/t20-/m1/s1. The molecule has 0 radical (unpaired) electrons. The Bertz CT molecular complexity index is 1010. The maximum atomic E-state index is 13.3. The SMILES string of the molecule is O=C(CN1C[C@H](c2cccc(C(F)(F)F)c2)N(c2ccc(Cl)cc2)C1=O)NN1CCCCC1. The molecule has 0 bridgehead atoms. The molecule has 33 heavy (non-hydrogen) atoms. The minimum Gasteiger partial charge on any atom is -0.313 e. The molecule has 0 aliphatic carbocycles. The summed E-state index contributed by atoms with van der Waals surface area (Å²) in [4.78, 5) is 28.7. The lowest BCUT2D eigenvalue weighted by Gasteiger charge is -2.27. The van der Waals surface area contributed by atoms with Gasteiger partial charge in [0.05, 0.1) is 11.6 Å². The Balaban J connectivity index is 1.59. The van der Waals surface area contributed by atoms with Gasteiger partial charge >= 0.3 is 12.2 Å². The van der Waals surface area contributed by atoms with Crippen molar-refractivity contribution in [2.75, 3.05) is 31.1 Å². The zero-order chi connectivity index (χ0) is 23.6. The lowest BCUT2D eigenvalue weighted by atomic mass is 10.0. The van der Waals surface area contributed by atoms with Crippen LogP contribution in [0.5, 0.6) is 0 Å². The lowest BCUT2D eigenvalue weighted by molar-refractivity contribution is -0.137. The van der Waals surface area contributed by atoms with Gasteiger partial charge in [-0.15, -0.1) is 0 Å². The van der Waals surface area contributed by atoms with Crippen molar-refractivity contribution in [3.05, 3.63) is 64.7 Å². The van der Waals surface area contributed by atoms with E-state index in [1.54, 1.807) is 30.3 Å². The van der Waals surface area contributed by atoms with Gasteiger partial charge in [-0.2, -0.15) is 13.2 Å². The van der Waals surface area contributed by atoms with E-state index in [0.717, 1.165) is 44.5 Å².